The summed E-state index contributed by atoms with van der Waals surface area (Å²) in [6.45, 7) is -0.208. The molecule has 0 aliphatic heterocycles. The summed E-state index contributed by atoms with van der Waals surface area (Å²) < 4.78 is 5.33. The van der Waals surface area contributed by atoms with Gasteiger partial charge in [0.1, 0.15) is 5.75 Å². The summed E-state index contributed by atoms with van der Waals surface area (Å²) in [5.41, 5.74) is 4.15. The van der Waals surface area contributed by atoms with Crippen LogP contribution in [0.1, 0.15) is 5.56 Å². The van der Waals surface area contributed by atoms with Crippen molar-refractivity contribution in [1.29, 1.82) is 0 Å². The molecule has 1 heterocycles. The quantitative estimate of drug-likeness (QED) is 0.541. The molecule has 126 valence electrons. The Labute approximate surface area is 154 Å². The zero-order valence-corrected chi connectivity index (χ0v) is 14.5. The molecule has 1 aromatic heterocycles. The van der Waals surface area contributed by atoms with Crippen molar-refractivity contribution < 1.29 is 9.53 Å². The lowest BCUT2D eigenvalue weighted by Gasteiger charge is -2.07. The summed E-state index contributed by atoms with van der Waals surface area (Å²) in [5, 5.41) is 5.76. The van der Waals surface area contributed by atoms with Crippen LogP contribution in [0.4, 0.5) is 0 Å². The van der Waals surface area contributed by atoms with Crippen LogP contribution in [0.5, 0.6) is 5.75 Å². The molecule has 1 amide bonds. The third-order valence-electron chi connectivity index (χ3n) is 3.28. The molecule has 3 aromatic rings. The van der Waals surface area contributed by atoms with Gasteiger partial charge in [-0.05, 0) is 42.0 Å². The van der Waals surface area contributed by atoms with E-state index in [0.717, 1.165) is 16.5 Å². The lowest BCUT2D eigenvalue weighted by Crippen LogP contribution is -2.24. The molecule has 0 unspecified atom stereocenters. The van der Waals surface area contributed by atoms with Crippen molar-refractivity contribution in [3.05, 3.63) is 70.3 Å². The highest BCUT2D eigenvalue weighted by Crippen LogP contribution is 2.27. The van der Waals surface area contributed by atoms with Gasteiger partial charge in [0.05, 0.1) is 16.8 Å². The molecule has 3 rings (SSSR count). The number of hydrogen-bond donors (Lipinski definition) is 1. The number of halogens is 2. The number of rotatable bonds is 5. The Bertz CT molecular complexity index is 945. The van der Waals surface area contributed by atoms with Gasteiger partial charge in [0, 0.05) is 16.6 Å². The molecule has 0 saturated carbocycles. The van der Waals surface area contributed by atoms with E-state index in [4.69, 9.17) is 27.9 Å². The first-order valence-electron chi connectivity index (χ1n) is 7.36. The highest BCUT2D eigenvalue weighted by atomic mass is 35.5. The number of ether oxygens (including phenoxy) is 1. The normalized spacial score (nSPS) is 11.0. The number of fused-ring (bicyclic) bond motifs is 1. The molecule has 1 N–H and O–H groups in total. The Morgan fingerprint density at radius 1 is 1.20 bits per heavy atom. The smallest absolute Gasteiger partial charge is 0.277 e. The summed E-state index contributed by atoms with van der Waals surface area (Å²) >= 11 is 11.8. The standard InChI is InChI=1S/C18H13Cl2N3O2/c19-14-4-6-17(15(20)9-14)25-11-18(24)23-22-10-12-3-5-16-13(8-12)2-1-7-21-16/h1-10H,11H2,(H,23,24)/b22-10-. The first-order chi connectivity index (χ1) is 12.1. The van der Waals surface area contributed by atoms with Crippen LogP contribution in [0.3, 0.4) is 0 Å². The van der Waals surface area contributed by atoms with Gasteiger partial charge < -0.3 is 4.74 Å². The van der Waals surface area contributed by atoms with E-state index in [0.29, 0.717) is 15.8 Å². The van der Waals surface area contributed by atoms with Crippen LogP contribution >= 0.6 is 23.2 Å². The van der Waals surface area contributed by atoms with Crippen molar-refractivity contribution >= 4 is 46.2 Å². The van der Waals surface area contributed by atoms with Crippen LogP contribution in [0.2, 0.25) is 10.0 Å². The van der Waals surface area contributed by atoms with Crippen molar-refractivity contribution in [2.75, 3.05) is 6.61 Å². The number of carbonyl (C=O) groups excluding carboxylic acids is 1. The Morgan fingerprint density at radius 2 is 2.08 bits per heavy atom. The second-order valence-corrected chi connectivity index (χ2v) is 5.96. The highest BCUT2D eigenvalue weighted by molar-refractivity contribution is 6.35. The first-order valence-corrected chi connectivity index (χ1v) is 8.12. The fourth-order valence-corrected chi connectivity index (χ4v) is 2.58. The molecule has 0 radical (unpaired) electrons. The van der Waals surface area contributed by atoms with Gasteiger partial charge >= 0.3 is 0 Å². The van der Waals surface area contributed by atoms with E-state index < -0.39 is 5.91 Å². The lowest BCUT2D eigenvalue weighted by atomic mass is 10.1. The van der Waals surface area contributed by atoms with E-state index in [9.17, 15) is 4.79 Å². The molecule has 0 saturated heterocycles. The molecule has 0 fully saturated rings. The van der Waals surface area contributed by atoms with E-state index in [1.54, 1.807) is 30.6 Å². The van der Waals surface area contributed by atoms with Crippen LogP contribution in [-0.4, -0.2) is 23.7 Å². The van der Waals surface area contributed by atoms with Crippen molar-refractivity contribution in [2.45, 2.75) is 0 Å². The molecule has 0 bridgehead atoms. The topological polar surface area (TPSA) is 63.6 Å². The minimum Gasteiger partial charge on any atom is -0.482 e. The Balaban J connectivity index is 1.54. The Hall–Kier alpha value is -2.63. The molecule has 7 heteroatoms. The van der Waals surface area contributed by atoms with E-state index in [-0.39, 0.29) is 6.61 Å². The van der Waals surface area contributed by atoms with Crippen LogP contribution in [0.25, 0.3) is 10.9 Å². The highest BCUT2D eigenvalue weighted by Gasteiger charge is 2.05. The molecular formula is C18H13Cl2N3O2. The average Bonchev–Trinajstić information content (AvgIpc) is 2.61. The minimum absolute atomic E-state index is 0.208. The number of benzene rings is 2. The van der Waals surface area contributed by atoms with Gasteiger partial charge in [0.2, 0.25) is 0 Å². The summed E-state index contributed by atoms with van der Waals surface area (Å²) in [6.07, 6.45) is 3.29. The van der Waals surface area contributed by atoms with Crippen LogP contribution in [-0.2, 0) is 4.79 Å². The first kappa shape index (κ1) is 17.2. The monoisotopic (exact) mass is 373 g/mol. The van der Waals surface area contributed by atoms with Gasteiger partial charge in [-0.25, -0.2) is 5.43 Å². The van der Waals surface area contributed by atoms with E-state index >= 15 is 0 Å². The zero-order valence-electron chi connectivity index (χ0n) is 12.9. The second-order valence-electron chi connectivity index (χ2n) is 5.11. The van der Waals surface area contributed by atoms with Crippen LogP contribution in [0, 0.1) is 0 Å². The fraction of sp³-hybridized carbons (Fsp3) is 0.0556. The molecule has 0 aliphatic carbocycles. The van der Waals surface area contributed by atoms with Crippen LogP contribution < -0.4 is 10.2 Å². The molecule has 0 atom stereocenters. The maximum absolute atomic E-state index is 11.8. The average molecular weight is 374 g/mol. The maximum Gasteiger partial charge on any atom is 0.277 e. The van der Waals surface area contributed by atoms with Gasteiger partial charge in [-0.1, -0.05) is 35.3 Å². The lowest BCUT2D eigenvalue weighted by molar-refractivity contribution is -0.123. The summed E-state index contributed by atoms with van der Waals surface area (Å²) in [4.78, 5) is 16.0. The Kier molecular flexibility index (Phi) is 5.48. The summed E-state index contributed by atoms with van der Waals surface area (Å²) in [6, 6.07) is 14.3. The summed E-state index contributed by atoms with van der Waals surface area (Å²) in [7, 11) is 0. The number of nitrogens with one attached hydrogen (secondary N) is 1. The SMILES string of the molecule is O=C(COc1ccc(Cl)cc1Cl)N/N=C\c1ccc2ncccc2c1. The van der Waals surface area contributed by atoms with Gasteiger partial charge in [-0.2, -0.15) is 5.10 Å². The number of pyridine rings is 1. The molecular weight excluding hydrogens is 361 g/mol. The third-order valence-corrected chi connectivity index (χ3v) is 3.81. The van der Waals surface area contributed by atoms with Crippen molar-refractivity contribution in [2.24, 2.45) is 5.10 Å². The Morgan fingerprint density at radius 3 is 2.92 bits per heavy atom. The third kappa shape index (κ3) is 4.68. The van der Waals surface area contributed by atoms with Crippen molar-refractivity contribution in [1.82, 2.24) is 10.4 Å². The number of hydrazone groups is 1. The molecule has 25 heavy (non-hydrogen) atoms. The van der Waals surface area contributed by atoms with E-state index in [2.05, 4.69) is 15.5 Å². The number of aromatic nitrogens is 1. The predicted molar refractivity (Wildman–Crippen MR) is 99.4 cm³/mol. The van der Waals surface area contributed by atoms with E-state index in [1.165, 1.54) is 0 Å². The largest absolute Gasteiger partial charge is 0.482 e. The van der Waals surface area contributed by atoms with Gasteiger partial charge in [0.25, 0.3) is 5.91 Å². The molecule has 0 aliphatic rings. The van der Waals surface area contributed by atoms with Gasteiger partial charge in [-0.3, -0.25) is 9.78 Å². The maximum atomic E-state index is 11.8. The van der Waals surface area contributed by atoms with E-state index in [1.807, 2.05) is 30.3 Å². The van der Waals surface area contributed by atoms with Gasteiger partial charge in [0.15, 0.2) is 6.61 Å². The number of amides is 1. The minimum atomic E-state index is -0.398. The summed E-state index contributed by atoms with van der Waals surface area (Å²) in [5.74, 6) is -0.0167. The number of nitrogens with zero attached hydrogens (tertiary/aromatic N) is 2. The fourth-order valence-electron chi connectivity index (χ4n) is 2.12. The predicted octanol–water partition coefficient (Wildman–Crippen LogP) is 4.07. The molecule has 0 spiro atoms. The van der Waals surface area contributed by atoms with Gasteiger partial charge in [-0.15, -0.1) is 0 Å². The zero-order chi connectivity index (χ0) is 17.6. The molecule has 5 nitrogen and oxygen atoms in total. The number of carbonyl (C=O) groups is 1. The van der Waals surface area contributed by atoms with Crippen molar-refractivity contribution in [3.63, 3.8) is 0 Å². The second kappa shape index (κ2) is 7.96. The van der Waals surface area contributed by atoms with Crippen LogP contribution in [0.15, 0.2) is 59.8 Å². The van der Waals surface area contributed by atoms with Crippen molar-refractivity contribution in [3.8, 4) is 5.75 Å². The number of hydrogen-bond acceptors (Lipinski definition) is 4. The molecule has 2 aromatic carbocycles.